The molecule has 802 valence electrons. The molecule has 1 aliphatic carbocycles. The normalized spacial score (nSPS) is 10.8. The summed E-state index contributed by atoms with van der Waals surface area (Å²) < 4.78 is 15.2. The van der Waals surface area contributed by atoms with Crippen LogP contribution < -0.4 is 5.46 Å². The summed E-state index contributed by atoms with van der Waals surface area (Å²) in [6, 6.07) is 31.0. The van der Waals surface area contributed by atoms with E-state index in [0.29, 0.717) is 0 Å². The lowest BCUT2D eigenvalue weighted by Crippen LogP contribution is -2.41. The number of aromatic nitrogens is 1. The number of hydrogen-bond donors (Lipinski definition) is 0. The highest BCUT2D eigenvalue weighted by Crippen LogP contribution is 2.51. The summed E-state index contributed by atoms with van der Waals surface area (Å²) in [5.74, 6) is 0. The van der Waals surface area contributed by atoms with Gasteiger partial charge in [0.25, 0.3) is 0 Å². The highest BCUT2D eigenvalue weighted by molar-refractivity contribution is 8.88. The van der Waals surface area contributed by atoms with E-state index in [9.17, 15) is 0 Å². The molecule has 0 N–H and O–H groups in total. The molecular weight excluding hydrogens is 3760 g/mol. The van der Waals surface area contributed by atoms with Crippen LogP contribution in [0.2, 0.25) is 0 Å². The molecule has 140 heavy (non-hydrogen) atoms. The zero-order valence-corrected chi connectivity index (χ0v) is 149. The molecule has 107 heteroatoms. The van der Waals surface area contributed by atoms with E-state index in [1.165, 1.54) is 67.5 Å². The zero-order valence-electron chi connectivity index (χ0n) is 64.5. The van der Waals surface area contributed by atoms with Crippen molar-refractivity contribution in [2.75, 3.05) is 0 Å². The largest absolute Gasteiger partial charge is 0.494 e. The Morgan fingerprint density at radius 1 is 0.193 bits per heavy atom. The van der Waals surface area contributed by atoms with E-state index in [-0.39, 0.29) is 16.6 Å². The summed E-state index contributed by atoms with van der Waals surface area (Å²) in [6.07, 6.45) is 0. The third-order valence-electron chi connectivity index (χ3n) is 11.8. The molecule has 1 aromatic heterocycles. The van der Waals surface area contributed by atoms with Crippen LogP contribution in [0.4, 0.5) is 0 Å². The van der Waals surface area contributed by atoms with Gasteiger partial charge in [0.2, 0.25) is 0 Å². The van der Waals surface area contributed by atoms with Crippen molar-refractivity contribution >= 4 is 954 Å². The maximum absolute atomic E-state index is 6.42. The molecular formula is C33H32BNO2S103. The second-order valence-corrected chi connectivity index (χ2v) is 198. The minimum absolute atomic E-state index is 0.0497. The number of benzene rings is 4. The smallest absolute Gasteiger partial charge is 0.399 e. The van der Waals surface area contributed by atoms with E-state index >= 15 is 0 Å². The first-order chi connectivity index (χ1) is 69.0. The summed E-state index contributed by atoms with van der Waals surface area (Å²) in [5.41, 5.74) is 9.29. The molecule has 5 aromatic rings. The van der Waals surface area contributed by atoms with Gasteiger partial charge in [0, 0.05) is 941 Å². The Bertz CT molecular complexity index is 10500. The molecule has 0 atom stereocenters. The van der Waals surface area contributed by atoms with E-state index in [0.717, 1.165) is 5.46 Å². The molecule has 0 amide bonds. The first-order valence-electron chi connectivity index (χ1n) is 30.2. The molecule has 0 saturated carbocycles. The predicted octanol–water partition coefficient (Wildman–Crippen LogP) is 7.14. The van der Waals surface area contributed by atoms with Crippen LogP contribution in [0.25, 0.3) is 38.6 Å². The molecule has 0 spiro atoms. The van der Waals surface area contributed by atoms with Crippen molar-refractivity contribution in [1.82, 2.24) is 4.57 Å². The minimum atomic E-state index is -0.390. The second kappa shape index (κ2) is 108. The van der Waals surface area contributed by atoms with Crippen molar-refractivity contribution in [2.45, 2.75) is 58.2 Å². The van der Waals surface area contributed by atoms with E-state index in [4.69, 9.17) is 31.7 Å². The van der Waals surface area contributed by atoms with Gasteiger partial charge in [-0.15, -0.1) is 0 Å². The first-order valence-corrected chi connectivity index (χ1v) is 166. The van der Waals surface area contributed by atoms with Gasteiger partial charge in [-0.05, 0) is 85.7 Å². The minimum Gasteiger partial charge on any atom is -0.399 e. The fourth-order valence-corrected chi connectivity index (χ4v) is 279. The summed E-state index contributed by atoms with van der Waals surface area (Å²) in [5, 5.41) is 2.47. The maximum atomic E-state index is 6.42. The van der Waals surface area contributed by atoms with Crippen LogP contribution in [0.15, 0.2) is 84.9 Å². The Morgan fingerprint density at radius 2 is 0.386 bits per heavy atom. The molecule has 4 aromatic carbocycles. The van der Waals surface area contributed by atoms with E-state index in [2.05, 4.69) is 131 Å². The summed E-state index contributed by atoms with van der Waals surface area (Å²) in [7, 11) is 182. The zero-order chi connectivity index (χ0) is 99.2. The Morgan fingerprint density at radius 3 is 0.600 bits per heavy atom. The van der Waals surface area contributed by atoms with Gasteiger partial charge < -0.3 is 13.9 Å². The quantitative estimate of drug-likeness (QED) is 0.176. The van der Waals surface area contributed by atoms with Crippen molar-refractivity contribution in [3.8, 4) is 16.8 Å². The van der Waals surface area contributed by atoms with Gasteiger partial charge in [-0.1, -0.05) is 68.4 Å². The molecule has 1 aliphatic heterocycles. The highest BCUT2D eigenvalue weighted by atomic mass is 33.6. The van der Waals surface area contributed by atoms with Gasteiger partial charge in [-0.25, -0.2) is 0 Å². The summed E-state index contributed by atoms with van der Waals surface area (Å²) in [6.45, 7) is 13.1. The van der Waals surface area contributed by atoms with Gasteiger partial charge in [-0.2, -0.15) is 0 Å². The highest BCUT2D eigenvalue weighted by Gasteiger charge is 2.52. The number of hydrogen-bond acceptors (Lipinski definition) is 4. The summed E-state index contributed by atoms with van der Waals surface area (Å²) >= 11 is 9.66. The number of nitrogens with zero attached hydrogens (tertiary/aromatic N) is 1. The van der Waals surface area contributed by atoms with Crippen molar-refractivity contribution in [1.29, 1.82) is 0 Å². The third-order valence-corrected chi connectivity index (χ3v) is 234. The van der Waals surface area contributed by atoms with Crippen molar-refractivity contribution in [3.05, 3.63) is 96.1 Å². The number of fused-ring (bicyclic) bond motifs is 6. The van der Waals surface area contributed by atoms with Crippen LogP contribution in [-0.2, 0) is 934 Å². The molecule has 1 fully saturated rings. The van der Waals surface area contributed by atoms with Crippen molar-refractivity contribution < 1.29 is 9.31 Å². The van der Waals surface area contributed by atoms with Crippen LogP contribution in [0, 0.1) is 0 Å². The lowest BCUT2D eigenvalue weighted by atomic mass is 9.78. The number of para-hydroxylation sites is 1. The van der Waals surface area contributed by atoms with E-state index in [1.54, 1.807) is 107 Å². The van der Waals surface area contributed by atoms with Crippen LogP contribution in [0.1, 0.15) is 52.7 Å². The lowest BCUT2D eigenvalue weighted by Gasteiger charge is -2.32. The SMILES string of the molecule is CC1(C)c2ccccc2-c2cc3c4cc(B5OC(C)(C)C(C)(C)O5)ccc4n(-c4ccccc4)c3cc21.S=S=S=S=S=S=S=S=S=S=S=S=S=S=S=S=S=S=S=S=S=S=S=S=S=S=S=S=S=S=S=S=S=S=S=S=S=S=S=S=S=S=S=S=S=S=S=S=S=S=S=S=S=S=S=S=S=S=S=S=S=S=S=S=S=S=S=S=S=S=S=S=S=S=S=S=S=S=S=S=S=S=S=S=S=S=S=S=S=S=S=S=S=S=S=S=S=S=S=S=S=S=S. The van der Waals surface area contributed by atoms with Crippen LogP contribution in [-0.4, -0.2) is 22.9 Å². The summed E-state index contributed by atoms with van der Waals surface area (Å²) in [4.78, 5) is 0. The predicted molar refractivity (Wildman–Crippen MR) is 913 cm³/mol. The third kappa shape index (κ3) is 77.8. The van der Waals surface area contributed by atoms with E-state index in [1.807, 2.05) is 773 Å². The van der Waals surface area contributed by atoms with Crippen LogP contribution in [0.5, 0.6) is 0 Å². The van der Waals surface area contributed by atoms with Crippen LogP contribution in [0.3, 0.4) is 0 Å². The van der Waals surface area contributed by atoms with Crippen molar-refractivity contribution in [3.63, 3.8) is 0 Å². The monoisotopic (exact) mass is 3780 g/mol. The van der Waals surface area contributed by atoms with Gasteiger partial charge in [0.15, 0.2) is 0 Å². The Hall–Kier alpha value is 19.3. The van der Waals surface area contributed by atoms with Crippen LogP contribution >= 0.6 is 0 Å². The number of rotatable bonds is 2. The van der Waals surface area contributed by atoms with Gasteiger partial charge in [0.1, 0.15) is 0 Å². The molecule has 2 aliphatic rings. The fraction of sp³-hybridized carbons (Fsp3) is 0.273. The topological polar surface area (TPSA) is 23.4 Å². The Kier molecular flexibility index (Phi) is 114. The van der Waals surface area contributed by atoms with Crippen molar-refractivity contribution in [2.24, 2.45) is 0 Å². The Balaban J connectivity index is 0.000000658. The molecule has 0 bridgehead atoms. The fourth-order valence-electron chi connectivity index (χ4n) is 7.33. The second-order valence-electron chi connectivity index (χ2n) is 19.0. The molecule has 0 unspecified atom stereocenters. The average Bonchev–Trinajstić information content (AvgIpc) is 1.55. The maximum Gasteiger partial charge on any atom is 0.494 e. The van der Waals surface area contributed by atoms with Gasteiger partial charge in [-0.3, -0.25) is 0 Å². The molecule has 1 saturated heterocycles. The lowest BCUT2D eigenvalue weighted by molar-refractivity contribution is 0.00578. The van der Waals surface area contributed by atoms with Gasteiger partial charge in [0.05, 0.1) is 22.2 Å². The molecule has 3 nitrogen and oxygen atoms in total. The first kappa shape index (κ1) is 148. The van der Waals surface area contributed by atoms with Gasteiger partial charge >= 0.3 is 7.12 Å². The average molecular weight is 3790 g/mol. The molecule has 0 radical (unpaired) electrons. The Labute approximate surface area is 1110 Å². The van der Waals surface area contributed by atoms with E-state index < -0.39 is 7.12 Å². The molecule has 2 heterocycles. The molecule has 7 rings (SSSR count). The standard InChI is InChI=1S/C33H32BNO2.S103/c1-31(2)27-15-11-10-14-23(27)24-19-26-25-18-21(34-36-32(3,4)33(5,6)37-34)16-17-29(25)35(30(26)20-28(24)31)22-12-8-7-9-13-22;1-3-5-7-9-11-13-15-17-19-21-23-25-27-29-31-33-35-37-39-41-43-45-47-49-51-53-55-57-59-61-63-65-67-69-71-73-75-77-79-81-83-85-87-89-91-93-95-97-99-101-103-102-100-98-96-94-92-90-88-86-84-82-80-78-76-74-72-70-68-66-64-62-60-58-56-54-52-50-48-46-44-42-40-38-36-34-32-30-28-26-24-22-20-18-16-14-12-10-8-6-4-2/h7-20H,1-6H3;.